The summed E-state index contributed by atoms with van der Waals surface area (Å²) in [6, 6.07) is 2.78. The van der Waals surface area contributed by atoms with Crippen molar-refractivity contribution in [2.75, 3.05) is 26.5 Å². The van der Waals surface area contributed by atoms with Crippen LogP contribution in [0, 0.1) is 29.4 Å². The number of fused-ring (bicyclic) bond motifs is 1. The molecule has 36 heavy (non-hydrogen) atoms. The maximum absolute atomic E-state index is 14.3. The Morgan fingerprint density at radius 3 is 2.56 bits per heavy atom. The SMILES string of the molecule is CCCCOC1CCC2CC(COC(/C=C\Cc3ccc(OCC)c(F)c3F)=C(\F)CF)CCC2C1. The van der Waals surface area contributed by atoms with Crippen molar-refractivity contribution in [1.29, 1.82) is 0 Å². The Balaban J connectivity index is 1.51. The van der Waals surface area contributed by atoms with Gasteiger partial charge in [-0.15, -0.1) is 0 Å². The first-order chi connectivity index (χ1) is 17.5. The van der Waals surface area contributed by atoms with Gasteiger partial charge in [0.2, 0.25) is 5.82 Å². The van der Waals surface area contributed by atoms with E-state index >= 15 is 0 Å². The molecule has 2 saturated carbocycles. The van der Waals surface area contributed by atoms with Gasteiger partial charge >= 0.3 is 0 Å². The molecule has 3 rings (SSSR count). The maximum Gasteiger partial charge on any atom is 0.200 e. The molecule has 0 N–H and O–H groups in total. The van der Waals surface area contributed by atoms with E-state index < -0.39 is 24.1 Å². The van der Waals surface area contributed by atoms with Crippen molar-refractivity contribution in [1.82, 2.24) is 0 Å². The summed E-state index contributed by atoms with van der Waals surface area (Å²) in [7, 11) is 0. The van der Waals surface area contributed by atoms with E-state index in [4.69, 9.17) is 14.2 Å². The molecule has 2 aliphatic carbocycles. The lowest BCUT2D eigenvalue weighted by atomic mass is 9.67. The van der Waals surface area contributed by atoms with Gasteiger partial charge in [-0.3, -0.25) is 0 Å². The van der Waals surface area contributed by atoms with Crippen LogP contribution in [0.15, 0.2) is 35.9 Å². The van der Waals surface area contributed by atoms with E-state index in [2.05, 4.69) is 6.92 Å². The van der Waals surface area contributed by atoms with E-state index in [1.165, 1.54) is 24.3 Å². The zero-order valence-electron chi connectivity index (χ0n) is 21.5. The van der Waals surface area contributed by atoms with E-state index in [1.54, 1.807) is 6.92 Å². The number of hydrogen-bond donors (Lipinski definition) is 0. The van der Waals surface area contributed by atoms with Crippen LogP contribution >= 0.6 is 0 Å². The third-order valence-corrected chi connectivity index (χ3v) is 7.42. The fraction of sp³-hybridized carbons (Fsp3) is 0.655. The van der Waals surface area contributed by atoms with Crippen LogP contribution in [0.5, 0.6) is 5.75 Å². The van der Waals surface area contributed by atoms with Gasteiger partial charge in [0.1, 0.15) is 6.67 Å². The van der Waals surface area contributed by atoms with Gasteiger partial charge in [-0.25, -0.2) is 13.2 Å². The van der Waals surface area contributed by atoms with Crippen LogP contribution < -0.4 is 4.74 Å². The average Bonchev–Trinajstić information content (AvgIpc) is 2.89. The van der Waals surface area contributed by atoms with Gasteiger partial charge in [0.25, 0.3) is 0 Å². The molecule has 3 nitrogen and oxygen atoms in total. The van der Waals surface area contributed by atoms with Crippen LogP contribution in [0.3, 0.4) is 0 Å². The molecule has 2 aliphatic rings. The number of hydrogen-bond acceptors (Lipinski definition) is 3. The molecule has 1 aromatic carbocycles. The number of alkyl halides is 1. The topological polar surface area (TPSA) is 27.7 Å². The van der Waals surface area contributed by atoms with Crippen molar-refractivity contribution < 1.29 is 31.8 Å². The highest BCUT2D eigenvalue weighted by Crippen LogP contribution is 2.43. The lowest BCUT2D eigenvalue weighted by Gasteiger charge is -2.42. The normalized spacial score (nSPS) is 24.9. The molecule has 0 aromatic heterocycles. The Labute approximate surface area is 212 Å². The molecule has 2 fully saturated rings. The Bertz CT molecular complexity index is 886. The van der Waals surface area contributed by atoms with Crippen LogP contribution in [0.25, 0.3) is 0 Å². The number of ether oxygens (including phenoxy) is 3. The predicted octanol–water partition coefficient (Wildman–Crippen LogP) is 8.03. The zero-order valence-corrected chi connectivity index (χ0v) is 21.5. The van der Waals surface area contributed by atoms with Crippen molar-refractivity contribution >= 4 is 0 Å². The van der Waals surface area contributed by atoms with Gasteiger partial charge in [0.15, 0.2) is 23.2 Å². The molecule has 0 bridgehead atoms. The van der Waals surface area contributed by atoms with E-state index in [0.29, 0.717) is 24.5 Å². The Kier molecular flexibility index (Phi) is 11.6. The molecule has 4 atom stereocenters. The first-order valence-electron chi connectivity index (χ1n) is 13.4. The van der Waals surface area contributed by atoms with Crippen molar-refractivity contribution in [2.45, 2.75) is 77.7 Å². The molecule has 202 valence electrons. The molecule has 7 heteroatoms. The van der Waals surface area contributed by atoms with Crippen molar-refractivity contribution in [2.24, 2.45) is 17.8 Å². The summed E-state index contributed by atoms with van der Waals surface area (Å²) in [6.07, 6.45) is 11.9. The number of rotatable bonds is 13. The fourth-order valence-corrected chi connectivity index (χ4v) is 5.42. The van der Waals surface area contributed by atoms with Gasteiger partial charge in [-0.05, 0) is 93.7 Å². The summed E-state index contributed by atoms with van der Waals surface area (Å²) in [5.41, 5.74) is 0.0970. The third-order valence-electron chi connectivity index (χ3n) is 7.42. The highest BCUT2D eigenvalue weighted by atomic mass is 19.2. The molecule has 0 amide bonds. The van der Waals surface area contributed by atoms with Gasteiger partial charge in [0, 0.05) is 6.61 Å². The third kappa shape index (κ3) is 7.99. The number of halogens is 4. The standard InChI is InChI=1S/C29H40F4O3/c1-3-5-15-35-24-13-11-22-16-20(9-10-23(22)17-24)19-36-26(25(31)18-30)8-6-7-21-12-14-27(34-4-2)29(33)28(21)32/h6,8,12,14,20,22-24H,3-5,7,9-11,13,15-19H2,1-2H3/b8-6-,26-25-. The number of allylic oxidation sites excluding steroid dienone is 3. The van der Waals surface area contributed by atoms with Crippen LogP contribution in [0.4, 0.5) is 17.6 Å². The summed E-state index contributed by atoms with van der Waals surface area (Å²) in [5.74, 6) is -1.80. The smallest absolute Gasteiger partial charge is 0.200 e. The first-order valence-corrected chi connectivity index (χ1v) is 13.4. The summed E-state index contributed by atoms with van der Waals surface area (Å²) >= 11 is 0. The lowest BCUT2D eigenvalue weighted by Crippen LogP contribution is -2.35. The molecule has 0 spiro atoms. The van der Waals surface area contributed by atoms with Crippen LogP contribution in [0.2, 0.25) is 0 Å². The van der Waals surface area contributed by atoms with Gasteiger partial charge in [-0.2, -0.15) is 4.39 Å². The molecule has 0 heterocycles. The molecular weight excluding hydrogens is 472 g/mol. The lowest BCUT2D eigenvalue weighted by molar-refractivity contribution is -0.0248. The van der Waals surface area contributed by atoms with Gasteiger partial charge in [0.05, 0.1) is 19.3 Å². The Morgan fingerprint density at radius 1 is 1.03 bits per heavy atom. The quantitative estimate of drug-likeness (QED) is 0.116. The summed E-state index contributed by atoms with van der Waals surface area (Å²) in [5, 5.41) is 0. The maximum atomic E-state index is 14.3. The van der Waals surface area contributed by atoms with E-state index in [9.17, 15) is 17.6 Å². The zero-order chi connectivity index (χ0) is 25.9. The summed E-state index contributed by atoms with van der Waals surface area (Å²) in [6.45, 7) is 3.96. The first kappa shape index (κ1) is 28.5. The molecule has 0 saturated heterocycles. The van der Waals surface area contributed by atoms with Crippen molar-refractivity contribution in [3.8, 4) is 5.75 Å². The minimum absolute atomic E-state index is 0.0102. The van der Waals surface area contributed by atoms with Gasteiger partial charge in [-0.1, -0.05) is 25.5 Å². The highest BCUT2D eigenvalue weighted by Gasteiger charge is 2.36. The second kappa shape index (κ2) is 14.7. The average molecular weight is 513 g/mol. The minimum Gasteiger partial charge on any atom is -0.491 e. The molecular formula is C29H40F4O3. The molecule has 4 unspecified atom stereocenters. The van der Waals surface area contributed by atoms with E-state index in [-0.39, 0.29) is 36.0 Å². The summed E-state index contributed by atoms with van der Waals surface area (Å²) in [4.78, 5) is 0. The second-order valence-corrected chi connectivity index (χ2v) is 9.96. The number of unbranched alkanes of at least 4 members (excludes halogenated alkanes) is 1. The molecule has 0 radical (unpaired) electrons. The Hall–Kier alpha value is -2.02. The predicted molar refractivity (Wildman–Crippen MR) is 133 cm³/mol. The summed E-state index contributed by atoms with van der Waals surface area (Å²) < 4.78 is 72.4. The minimum atomic E-state index is -1.28. The fourth-order valence-electron chi connectivity index (χ4n) is 5.42. The van der Waals surface area contributed by atoms with Crippen LogP contribution in [0.1, 0.15) is 70.8 Å². The van der Waals surface area contributed by atoms with E-state index in [1.807, 2.05) is 0 Å². The molecule has 1 aromatic rings. The molecule has 0 aliphatic heterocycles. The monoisotopic (exact) mass is 512 g/mol. The van der Waals surface area contributed by atoms with Crippen molar-refractivity contribution in [3.05, 3.63) is 53.1 Å². The number of benzene rings is 1. The largest absolute Gasteiger partial charge is 0.491 e. The van der Waals surface area contributed by atoms with Crippen molar-refractivity contribution in [3.63, 3.8) is 0 Å². The van der Waals surface area contributed by atoms with Crippen LogP contribution in [-0.4, -0.2) is 32.6 Å². The highest BCUT2D eigenvalue weighted by molar-refractivity contribution is 5.32. The second-order valence-electron chi connectivity index (χ2n) is 9.96. The van der Waals surface area contributed by atoms with E-state index in [0.717, 1.165) is 58.0 Å². The Morgan fingerprint density at radius 2 is 1.81 bits per heavy atom. The van der Waals surface area contributed by atoms with Gasteiger partial charge < -0.3 is 14.2 Å². The van der Waals surface area contributed by atoms with Crippen LogP contribution in [-0.2, 0) is 15.9 Å².